The quantitative estimate of drug-likeness (QED) is 0.897. The second-order valence-corrected chi connectivity index (χ2v) is 4.84. The summed E-state index contributed by atoms with van der Waals surface area (Å²) in [6, 6.07) is 5.64. The Morgan fingerprint density at radius 3 is 2.89 bits per heavy atom. The van der Waals surface area contributed by atoms with Crippen molar-refractivity contribution in [2.75, 3.05) is 18.1 Å². The minimum atomic E-state index is -0.219. The van der Waals surface area contributed by atoms with Crippen molar-refractivity contribution in [1.82, 2.24) is 0 Å². The first kappa shape index (κ1) is 13.3. The molecule has 4 heteroatoms. The molecule has 1 heterocycles. The molecule has 1 aromatic carbocycles. The highest BCUT2D eigenvalue weighted by molar-refractivity contribution is 5.49. The van der Waals surface area contributed by atoms with E-state index in [1.54, 1.807) is 12.1 Å². The van der Waals surface area contributed by atoms with Gasteiger partial charge in [0.1, 0.15) is 5.82 Å². The molecule has 18 heavy (non-hydrogen) atoms. The highest BCUT2D eigenvalue weighted by Crippen LogP contribution is 2.25. The van der Waals surface area contributed by atoms with Gasteiger partial charge < -0.3 is 15.4 Å². The molecule has 0 amide bonds. The number of morpholine rings is 1. The Hall–Kier alpha value is -1.13. The van der Waals surface area contributed by atoms with Crippen molar-refractivity contribution in [3.05, 3.63) is 29.6 Å². The summed E-state index contributed by atoms with van der Waals surface area (Å²) in [5.74, 6) is -0.219. The third-order valence-corrected chi connectivity index (χ3v) is 3.53. The number of ether oxygens (including phenoxy) is 1. The zero-order chi connectivity index (χ0) is 13.1. The molecule has 1 fully saturated rings. The van der Waals surface area contributed by atoms with E-state index in [1.165, 1.54) is 0 Å². The molecule has 2 atom stereocenters. The van der Waals surface area contributed by atoms with Gasteiger partial charge in [0.15, 0.2) is 0 Å². The van der Waals surface area contributed by atoms with Crippen molar-refractivity contribution in [3.8, 4) is 0 Å². The van der Waals surface area contributed by atoms with Crippen molar-refractivity contribution < 1.29 is 9.13 Å². The standard InChI is InChI=1S/C14H21FN2O/c1-3-12-9-18-10(2)8-17(12)13-5-4-11(7-16)14(15)6-13/h4-6,10,12H,3,7-9,16H2,1-2H3. The average Bonchev–Trinajstić information content (AvgIpc) is 2.38. The fraction of sp³-hybridized carbons (Fsp3) is 0.571. The SMILES string of the molecule is CCC1COC(C)CN1c1ccc(CN)c(F)c1. The molecule has 0 aromatic heterocycles. The van der Waals surface area contributed by atoms with E-state index in [9.17, 15) is 4.39 Å². The van der Waals surface area contributed by atoms with E-state index >= 15 is 0 Å². The highest BCUT2D eigenvalue weighted by atomic mass is 19.1. The van der Waals surface area contributed by atoms with E-state index < -0.39 is 0 Å². The number of benzene rings is 1. The number of nitrogens with two attached hydrogens (primary N) is 1. The first-order chi connectivity index (χ1) is 8.65. The fourth-order valence-electron chi connectivity index (χ4n) is 2.38. The lowest BCUT2D eigenvalue weighted by molar-refractivity contribution is 0.0299. The maximum absolute atomic E-state index is 13.8. The molecule has 1 aliphatic heterocycles. The number of rotatable bonds is 3. The van der Waals surface area contributed by atoms with Gasteiger partial charge in [0.25, 0.3) is 0 Å². The van der Waals surface area contributed by atoms with E-state index in [4.69, 9.17) is 10.5 Å². The predicted octanol–water partition coefficient (Wildman–Crippen LogP) is 2.29. The molecule has 2 rings (SSSR count). The van der Waals surface area contributed by atoms with E-state index in [0.717, 1.165) is 18.7 Å². The second-order valence-electron chi connectivity index (χ2n) is 4.84. The summed E-state index contributed by atoms with van der Waals surface area (Å²) in [5, 5.41) is 0. The van der Waals surface area contributed by atoms with Crippen LogP contribution in [-0.2, 0) is 11.3 Å². The summed E-state index contributed by atoms with van der Waals surface area (Å²) >= 11 is 0. The molecule has 2 N–H and O–H groups in total. The Morgan fingerprint density at radius 2 is 2.28 bits per heavy atom. The van der Waals surface area contributed by atoms with Gasteiger partial charge in [-0.25, -0.2) is 4.39 Å². The number of hydrogen-bond acceptors (Lipinski definition) is 3. The van der Waals surface area contributed by atoms with Crippen LogP contribution >= 0.6 is 0 Å². The first-order valence-corrected chi connectivity index (χ1v) is 6.52. The van der Waals surface area contributed by atoms with Crippen LogP contribution in [0.15, 0.2) is 18.2 Å². The second kappa shape index (κ2) is 5.67. The summed E-state index contributed by atoms with van der Waals surface area (Å²) in [6.45, 7) is 5.92. The zero-order valence-electron chi connectivity index (χ0n) is 11.0. The largest absolute Gasteiger partial charge is 0.375 e. The minimum absolute atomic E-state index is 0.185. The van der Waals surface area contributed by atoms with Crippen molar-refractivity contribution in [1.29, 1.82) is 0 Å². The van der Waals surface area contributed by atoms with Crippen LogP contribution in [0, 0.1) is 5.82 Å². The van der Waals surface area contributed by atoms with Crippen molar-refractivity contribution in [2.24, 2.45) is 5.73 Å². The van der Waals surface area contributed by atoms with Crippen LogP contribution < -0.4 is 10.6 Å². The smallest absolute Gasteiger partial charge is 0.129 e. The molecule has 0 spiro atoms. The van der Waals surface area contributed by atoms with Crippen LogP contribution in [0.4, 0.5) is 10.1 Å². The first-order valence-electron chi connectivity index (χ1n) is 6.52. The zero-order valence-corrected chi connectivity index (χ0v) is 11.0. The lowest BCUT2D eigenvalue weighted by Crippen LogP contribution is -2.48. The van der Waals surface area contributed by atoms with Crippen LogP contribution in [-0.4, -0.2) is 25.3 Å². The molecule has 1 saturated heterocycles. The molecule has 0 bridgehead atoms. The summed E-state index contributed by atoms with van der Waals surface area (Å²) in [5.41, 5.74) is 6.97. The highest BCUT2D eigenvalue weighted by Gasteiger charge is 2.26. The van der Waals surface area contributed by atoms with Crippen molar-refractivity contribution in [2.45, 2.75) is 39.0 Å². The van der Waals surface area contributed by atoms with E-state index in [2.05, 4.69) is 11.8 Å². The summed E-state index contributed by atoms with van der Waals surface area (Å²) < 4.78 is 19.4. The fourth-order valence-corrected chi connectivity index (χ4v) is 2.38. The van der Waals surface area contributed by atoms with Crippen LogP contribution in [0.25, 0.3) is 0 Å². The topological polar surface area (TPSA) is 38.5 Å². The molecule has 0 saturated carbocycles. The van der Waals surface area contributed by atoms with Gasteiger partial charge in [0.2, 0.25) is 0 Å². The number of hydrogen-bond donors (Lipinski definition) is 1. The summed E-state index contributed by atoms with van der Waals surface area (Å²) in [6.07, 6.45) is 1.18. The number of anilines is 1. The number of halogens is 1. The Bertz CT molecular complexity index is 411. The molecule has 1 aromatic rings. The van der Waals surface area contributed by atoms with Crippen molar-refractivity contribution in [3.63, 3.8) is 0 Å². The monoisotopic (exact) mass is 252 g/mol. The average molecular weight is 252 g/mol. The molecule has 3 nitrogen and oxygen atoms in total. The molecular weight excluding hydrogens is 231 g/mol. The van der Waals surface area contributed by atoms with Crippen LogP contribution in [0.1, 0.15) is 25.8 Å². The van der Waals surface area contributed by atoms with Gasteiger partial charge in [-0.2, -0.15) is 0 Å². The lowest BCUT2D eigenvalue weighted by Gasteiger charge is -2.40. The normalized spacial score (nSPS) is 24.3. The van der Waals surface area contributed by atoms with E-state index in [0.29, 0.717) is 18.2 Å². The molecule has 100 valence electrons. The molecule has 1 aliphatic rings. The van der Waals surface area contributed by atoms with Gasteiger partial charge in [0, 0.05) is 24.3 Å². The van der Waals surface area contributed by atoms with Gasteiger partial charge >= 0.3 is 0 Å². The lowest BCUT2D eigenvalue weighted by atomic mass is 10.1. The molecular formula is C14H21FN2O. The Kier molecular flexibility index (Phi) is 4.19. The van der Waals surface area contributed by atoms with Crippen molar-refractivity contribution >= 4 is 5.69 Å². The third-order valence-electron chi connectivity index (χ3n) is 3.53. The van der Waals surface area contributed by atoms with Gasteiger partial charge in [-0.3, -0.25) is 0 Å². The van der Waals surface area contributed by atoms with Crippen LogP contribution in [0.3, 0.4) is 0 Å². The van der Waals surface area contributed by atoms with Gasteiger partial charge in [0.05, 0.1) is 18.8 Å². The maximum Gasteiger partial charge on any atom is 0.129 e. The third kappa shape index (κ3) is 2.65. The Labute approximate surface area is 108 Å². The maximum atomic E-state index is 13.8. The molecule has 0 radical (unpaired) electrons. The minimum Gasteiger partial charge on any atom is -0.375 e. The van der Waals surface area contributed by atoms with Gasteiger partial charge in [-0.15, -0.1) is 0 Å². The Morgan fingerprint density at radius 1 is 1.50 bits per heavy atom. The summed E-state index contributed by atoms with van der Waals surface area (Å²) in [7, 11) is 0. The predicted molar refractivity (Wildman–Crippen MR) is 71.1 cm³/mol. The van der Waals surface area contributed by atoms with Gasteiger partial charge in [-0.1, -0.05) is 13.0 Å². The van der Waals surface area contributed by atoms with Crippen LogP contribution in [0.5, 0.6) is 0 Å². The molecule has 2 unspecified atom stereocenters. The molecule has 0 aliphatic carbocycles. The van der Waals surface area contributed by atoms with Gasteiger partial charge in [-0.05, 0) is 25.5 Å². The Balaban J connectivity index is 2.25. The van der Waals surface area contributed by atoms with Crippen LogP contribution in [0.2, 0.25) is 0 Å². The summed E-state index contributed by atoms with van der Waals surface area (Å²) in [4.78, 5) is 2.23. The van der Waals surface area contributed by atoms with E-state index in [-0.39, 0.29) is 18.5 Å². The number of nitrogens with zero attached hydrogens (tertiary/aromatic N) is 1. The van der Waals surface area contributed by atoms with E-state index in [1.807, 2.05) is 13.0 Å².